The maximum absolute atomic E-state index is 11.1. The highest BCUT2D eigenvalue weighted by atomic mass is 35.5. The van der Waals surface area contributed by atoms with Crippen LogP contribution in [0.2, 0.25) is 0 Å². The number of nitro groups is 2. The smallest absolute Gasteiger partial charge is 0.299 e. The molecule has 0 unspecified atom stereocenters. The molecule has 0 spiro atoms. The van der Waals surface area contributed by atoms with Crippen LogP contribution in [0.5, 0.6) is 0 Å². The van der Waals surface area contributed by atoms with Gasteiger partial charge in [0.2, 0.25) is 0 Å². The fraction of sp³-hybridized carbons (Fsp3) is 0.769. The summed E-state index contributed by atoms with van der Waals surface area (Å²) in [5.41, 5.74) is -0.510. The van der Waals surface area contributed by atoms with Crippen molar-refractivity contribution in [1.82, 2.24) is 0 Å². The van der Waals surface area contributed by atoms with Gasteiger partial charge in [0.05, 0.1) is 102 Å². The molecule has 0 aliphatic rings. The average Bonchev–Trinajstić information content (AvgIpc) is 2.96. The largest absolute Gasteiger partial charge is 0.379 e. The summed E-state index contributed by atoms with van der Waals surface area (Å²) in [7, 11) is 0. The van der Waals surface area contributed by atoms with Crippen molar-refractivity contribution in [3.05, 3.63) is 38.4 Å². The van der Waals surface area contributed by atoms with Crippen molar-refractivity contribution < 1.29 is 43.0 Å². The van der Waals surface area contributed by atoms with Crippen LogP contribution in [0.3, 0.4) is 0 Å². The van der Waals surface area contributed by atoms with E-state index < -0.39 is 9.85 Å². The van der Waals surface area contributed by atoms with Crippen LogP contribution in [-0.2, 0) is 33.2 Å². The molecule has 0 aromatic heterocycles. The number of ether oxygens (including phenoxy) is 7. The predicted molar refractivity (Wildman–Crippen MR) is 153 cm³/mol. The molecule has 1 aromatic rings. The first-order valence-corrected chi connectivity index (χ1v) is 14.4. The summed E-state index contributed by atoms with van der Waals surface area (Å²) in [5, 5.41) is 24.7. The van der Waals surface area contributed by atoms with Gasteiger partial charge in [-0.05, 0) is 18.9 Å². The van der Waals surface area contributed by atoms with Gasteiger partial charge in [0.1, 0.15) is 5.69 Å². The zero-order chi connectivity index (χ0) is 29.8. The molecule has 236 valence electrons. The Hall–Kier alpha value is -2.17. The van der Waals surface area contributed by atoms with E-state index in [1.165, 1.54) is 12.1 Å². The zero-order valence-electron chi connectivity index (χ0n) is 23.6. The van der Waals surface area contributed by atoms with Crippen LogP contribution < -0.4 is 5.32 Å². The van der Waals surface area contributed by atoms with E-state index in [0.717, 1.165) is 44.2 Å². The lowest BCUT2D eigenvalue weighted by Crippen LogP contribution is -2.15. The van der Waals surface area contributed by atoms with Crippen LogP contribution in [0, 0.1) is 20.2 Å². The molecule has 0 aliphatic heterocycles. The van der Waals surface area contributed by atoms with Crippen LogP contribution >= 0.6 is 11.6 Å². The van der Waals surface area contributed by atoms with Crippen LogP contribution in [-0.4, -0.2) is 115 Å². The van der Waals surface area contributed by atoms with Crippen molar-refractivity contribution in [3.8, 4) is 0 Å². The van der Waals surface area contributed by atoms with Crippen molar-refractivity contribution in [2.75, 3.05) is 110 Å². The first-order chi connectivity index (χ1) is 20.1. The minimum Gasteiger partial charge on any atom is -0.379 e. The summed E-state index contributed by atoms with van der Waals surface area (Å²) in [6.07, 6.45) is 4.43. The third-order valence-electron chi connectivity index (χ3n) is 5.36. The van der Waals surface area contributed by atoms with Gasteiger partial charge in [0, 0.05) is 25.1 Å². The number of rotatable bonds is 30. The standard InChI is InChI=1S/C26H44ClN3O11/c27-7-3-1-2-4-9-35-11-13-37-15-17-39-19-21-41-22-20-40-18-16-38-14-12-36-10-8-28-25-6-5-24(29(31)32)23-26(25)30(33)34/h5-6,23,28H,1-4,7-22H2. The fourth-order valence-corrected chi connectivity index (χ4v) is 3.45. The maximum Gasteiger partial charge on any atom is 0.299 e. The number of hydrogen-bond acceptors (Lipinski definition) is 12. The molecule has 0 radical (unpaired) electrons. The minimum absolute atomic E-state index is 0.191. The van der Waals surface area contributed by atoms with Gasteiger partial charge in [0.25, 0.3) is 11.4 Å². The van der Waals surface area contributed by atoms with Gasteiger partial charge in [0.15, 0.2) is 0 Å². The summed E-state index contributed by atoms with van der Waals surface area (Å²) in [5.74, 6) is 0.729. The van der Waals surface area contributed by atoms with Crippen LogP contribution in [0.4, 0.5) is 17.1 Å². The summed E-state index contributed by atoms with van der Waals surface area (Å²) in [6.45, 7) is 7.01. The van der Waals surface area contributed by atoms with Crippen molar-refractivity contribution in [2.45, 2.75) is 25.7 Å². The van der Waals surface area contributed by atoms with Crippen molar-refractivity contribution in [3.63, 3.8) is 0 Å². The Balaban J connectivity index is 1.79. The van der Waals surface area contributed by atoms with E-state index in [0.29, 0.717) is 85.8 Å². The average molecular weight is 610 g/mol. The Bertz CT molecular complexity index is 808. The second-order valence-electron chi connectivity index (χ2n) is 8.53. The molecule has 0 fully saturated rings. The molecule has 0 saturated carbocycles. The molecule has 0 amide bonds. The minimum atomic E-state index is -0.679. The van der Waals surface area contributed by atoms with Gasteiger partial charge < -0.3 is 38.5 Å². The fourth-order valence-electron chi connectivity index (χ4n) is 3.27. The van der Waals surface area contributed by atoms with Crippen molar-refractivity contribution in [2.24, 2.45) is 0 Å². The highest BCUT2D eigenvalue weighted by Gasteiger charge is 2.19. The molecule has 0 aliphatic carbocycles. The predicted octanol–water partition coefficient (Wildman–Crippen LogP) is 3.83. The quantitative estimate of drug-likeness (QED) is 0.0581. The molecule has 0 atom stereocenters. The number of nitrogens with zero attached hydrogens (tertiary/aromatic N) is 2. The number of alkyl halides is 1. The lowest BCUT2D eigenvalue weighted by atomic mass is 10.2. The molecule has 14 nitrogen and oxygen atoms in total. The molecular formula is C26H44ClN3O11. The maximum atomic E-state index is 11.1. The number of unbranched alkanes of at least 4 members (excludes halogenated alkanes) is 3. The van der Waals surface area contributed by atoms with Gasteiger partial charge in [-0.1, -0.05) is 12.8 Å². The second-order valence-corrected chi connectivity index (χ2v) is 8.91. The number of benzene rings is 1. The Kier molecular flexibility index (Phi) is 24.0. The number of hydrogen-bond donors (Lipinski definition) is 1. The van der Waals surface area contributed by atoms with Crippen molar-refractivity contribution >= 4 is 28.7 Å². The second kappa shape index (κ2) is 26.7. The van der Waals surface area contributed by atoms with E-state index in [1.807, 2.05) is 0 Å². The number of nitro benzene ring substituents is 2. The molecular weight excluding hydrogens is 566 g/mol. The normalized spacial score (nSPS) is 11.1. The molecule has 15 heteroatoms. The van der Waals surface area contributed by atoms with Crippen LogP contribution in [0.15, 0.2) is 18.2 Å². The Morgan fingerprint density at radius 1 is 0.585 bits per heavy atom. The van der Waals surface area contributed by atoms with E-state index in [4.69, 9.17) is 44.8 Å². The highest BCUT2D eigenvalue weighted by molar-refractivity contribution is 6.17. The molecule has 1 N–H and O–H groups in total. The first kappa shape index (κ1) is 36.9. The molecule has 1 aromatic carbocycles. The number of non-ortho nitro benzene ring substituents is 1. The third kappa shape index (κ3) is 21.2. The van der Waals surface area contributed by atoms with E-state index in [-0.39, 0.29) is 23.7 Å². The molecule has 0 heterocycles. The summed E-state index contributed by atoms with van der Waals surface area (Å²) in [6, 6.07) is 3.44. The molecule has 0 saturated heterocycles. The summed E-state index contributed by atoms with van der Waals surface area (Å²) in [4.78, 5) is 20.5. The highest BCUT2D eigenvalue weighted by Crippen LogP contribution is 2.28. The van der Waals surface area contributed by atoms with Gasteiger partial charge in [-0.15, -0.1) is 11.6 Å². The first-order valence-electron chi connectivity index (χ1n) is 13.8. The van der Waals surface area contributed by atoms with Gasteiger partial charge in [-0.2, -0.15) is 0 Å². The number of nitrogens with one attached hydrogen (secondary N) is 1. The van der Waals surface area contributed by atoms with Gasteiger partial charge in [-0.25, -0.2) is 0 Å². The topological polar surface area (TPSA) is 163 Å². The lowest BCUT2D eigenvalue weighted by Gasteiger charge is -2.09. The van der Waals surface area contributed by atoms with Crippen molar-refractivity contribution in [1.29, 1.82) is 0 Å². The number of anilines is 1. The SMILES string of the molecule is O=[N+]([O-])c1ccc(NCCOCCOCCOCCOCCOCCOCCOCCCCCCCl)c([N+](=O)[O-])c1. The number of halogens is 1. The Labute approximate surface area is 246 Å². The Morgan fingerprint density at radius 2 is 1.02 bits per heavy atom. The lowest BCUT2D eigenvalue weighted by molar-refractivity contribution is -0.393. The molecule has 1 rings (SSSR count). The molecule has 41 heavy (non-hydrogen) atoms. The van der Waals surface area contributed by atoms with E-state index in [9.17, 15) is 20.2 Å². The van der Waals surface area contributed by atoms with Gasteiger partial charge in [-0.3, -0.25) is 20.2 Å². The zero-order valence-corrected chi connectivity index (χ0v) is 24.4. The van der Waals surface area contributed by atoms with E-state index >= 15 is 0 Å². The summed E-state index contributed by atoms with van der Waals surface area (Å²) < 4.78 is 38.1. The molecule has 0 bridgehead atoms. The van der Waals surface area contributed by atoms with E-state index in [2.05, 4.69) is 5.32 Å². The van der Waals surface area contributed by atoms with Crippen LogP contribution in [0.1, 0.15) is 25.7 Å². The van der Waals surface area contributed by atoms with Gasteiger partial charge >= 0.3 is 0 Å². The Morgan fingerprint density at radius 3 is 1.46 bits per heavy atom. The van der Waals surface area contributed by atoms with Crippen LogP contribution in [0.25, 0.3) is 0 Å². The summed E-state index contributed by atoms with van der Waals surface area (Å²) >= 11 is 5.64. The van der Waals surface area contributed by atoms with E-state index in [1.54, 1.807) is 0 Å². The third-order valence-corrected chi connectivity index (χ3v) is 5.62. The monoisotopic (exact) mass is 609 g/mol.